The van der Waals surface area contributed by atoms with Gasteiger partial charge in [0.15, 0.2) is 0 Å². The topological polar surface area (TPSA) is 39.1 Å². The Labute approximate surface area is 120 Å². The van der Waals surface area contributed by atoms with E-state index in [2.05, 4.69) is 50.9 Å². The van der Waals surface area contributed by atoms with Crippen LogP contribution in [-0.2, 0) is 0 Å². The van der Waals surface area contributed by atoms with Crippen LogP contribution < -0.4 is 5.32 Å². The molecule has 0 aromatic rings. The summed E-state index contributed by atoms with van der Waals surface area (Å²) in [6, 6.07) is 2.89. The van der Waals surface area contributed by atoms with Gasteiger partial charge in [0.2, 0.25) is 0 Å². The SMILES string of the molecule is CCCNC(C)(C#N)CC(C)N(CC)CC(C)CC. The zero-order valence-corrected chi connectivity index (χ0v) is 13.8. The van der Waals surface area contributed by atoms with Crippen LogP contribution in [0, 0.1) is 17.2 Å². The van der Waals surface area contributed by atoms with E-state index < -0.39 is 5.54 Å². The smallest absolute Gasteiger partial charge is 0.105 e. The number of nitrogens with one attached hydrogen (secondary N) is 1. The Morgan fingerprint density at radius 3 is 2.32 bits per heavy atom. The maximum absolute atomic E-state index is 9.41. The van der Waals surface area contributed by atoms with Crippen LogP contribution in [-0.4, -0.2) is 36.1 Å². The van der Waals surface area contributed by atoms with Gasteiger partial charge in [0.25, 0.3) is 0 Å². The van der Waals surface area contributed by atoms with Crippen LogP contribution in [0.15, 0.2) is 0 Å². The minimum absolute atomic E-state index is 0.404. The molecule has 3 heteroatoms. The van der Waals surface area contributed by atoms with E-state index in [9.17, 15) is 5.26 Å². The fraction of sp³-hybridized carbons (Fsp3) is 0.938. The lowest BCUT2D eigenvalue weighted by molar-refractivity contribution is 0.161. The lowest BCUT2D eigenvalue weighted by Crippen LogP contribution is -2.48. The Bertz CT molecular complexity index is 272. The second-order valence-corrected chi connectivity index (χ2v) is 6.02. The van der Waals surface area contributed by atoms with Crippen molar-refractivity contribution in [1.29, 1.82) is 5.26 Å². The fourth-order valence-corrected chi connectivity index (χ4v) is 2.43. The molecule has 3 atom stereocenters. The summed E-state index contributed by atoms with van der Waals surface area (Å²) in [5, 5.41) is 12.8. The molecular weight excluding hydrogens is 234 g/mol. The van der Waals surface area contributed by atoms with E-state index in [1.54, 1.807) is 0 Å². The van der Waals surface area contributed by atoms with Crippen LogP contribution in [0.25, 0.3) is 0 Å². The second-order valence-electron chi connectivity index (χ2n) is 6.02. The Morgan fingerprint density at radius 1 is 1.26 bits per heavy atom. The molecule has 0 amide bonds. The number of hydrogen-bond donors (Lipinski definition) is 1. The first-order valence-corrected chi connectivity index (χ1v) is 7.82. The Hall–Kier alpha value is -0.590. The van der Waals surface area contributed by atoms with Gasteiger partial charge in [-0.2, -0.15) is 5.26 Å². The molecular formula is C16H33N3. The lowest BCUT2D eigenvalue weighted by Gasteiger charge is -2.35. The summed E-state index contributed by atoms with van der Waals surface area (Å²) in [6.07, 6.45) is 3.16. The van der Waals surface area contributed by atoms with Crippen molar-refractivity contribution in [2.24, 2.45) is 5.92 Å². The van der Waals surface area contributed by atoms with Crippen molar-refractivity contribution in [1.82, 2.24) is 10.2 Å². The second kappa shape index (κ2) is 9.34. The Morgan fingerprint density at radius 2 is 1.89 bits per heavy atom. The molecule has 112 valence electrons. The van der Waals surface area contributed by atoms with Crippen LogP contribution in [0.4, 0.5) is 0 Å². The molecule has 0 saturated heterocycles. The number of rotatable bonds is 10. The summed E-state index contributed by atoms with van der Waals surface area (Å²) in [6.45, 7) is 16.3. The molecule has 0 heterocycles. The molecule has 0 aliphatic heterocycles. The van der Waals surface area contributed by atoms with Crippen molar-refractivity contribution in [2.45, 2.75) is 72.4 Å². The van der Waals surface area contributed by atoms with E-state index in [-0.39, 0.29) is 0 Å². The molecule has 3 unspecified atom stereocenters. The molecule has 19 heavy (non-hydrogen) atoms. The third-order valence-electron chi connectivity index (χ3n) is 3.99. The normalized spacial score (nSPS) is 17.8. The van der Waals surface area contributed by atoms with Crippen LogP contribution >= 0.6 is 0 Å². The molecule has 3 nitrogen and oxygen atoms in total. The summed E-state index contributed by atoms with van der Waals surface area (Å²) in [5.74, 6) is 0.722. The molecule has 0 radical (unpaired) electrons. The van der Waals surface area contributed by atoms with Crippen molar-refractivity contribution < 1.29 is 0 Å². The highest BCUT2D eigenvalue weighted by molar-refractivity contribution is 5.05. The van der Waals surface area contributed by atoms with Crippen molar-refractivity contribution in [3.05, 3.63) is 0 Å². The van der Waals surface area contributed by atoms with Gasteiger partial charge in [0.05, 0.1) is 6.07 Å². The average molecular weight is 267 g/mol. The van der Waals surface area contributed by atoms with E-state index in [0.29, 0.717) is 6.04 Å². The minimum atomic E-state index is -0.404. The predicted octanol–water partition coefficient (Wildman–Crippen LogP) is 3.41. The van der Waals surface area contributed by atoms with Gasteiger partial charge in [0.1, 0.15) is 5.54 Å². The Balaban J connectivity index is 4.52. The molecule has 0 aliphatic carbocycles. The van der Waals surface area contributed by atoms with Gasteiger partial charge in [0, 0.05) is 12.6 Å². The van der Waals surface area contributed by atoms with Gasteiger partial charge in [-0.15, -0.1) is 0 Å². The third kappa shape index (κ3) is 6.94. The summed E-state index contributed by atoms with van der Waals surface area (Å²) >= 11 is 0. The van der Waals surface area contributed by atoms with E-state index in [0.717, 1.165) is 38.4 Å². The number of nitriles is 1. The molecule has 0 aliphatic rings. The summed E-state index contributed by atoms with van der Waals surface area (Å²) in [4.78, 5) is 2.50. The average Bonchev–Trinajstić information content (AvgIpc) is 2.41. The monoisotopic (exact) mass is 267 g/mol. The molecule has 0 aromatic heterocycles. The van der Waals surface area contributed by atoms with E-state index in [1.165, 1.54) is 6.42 Å². The molecule has 1 N–H and O–H groups in total. The summed E-state index contributed by atoms with van der Waals surface area (Å²) in [5.41, 5.74) is -0.404. The maximum atomic E-state index is 9.41. The van der Waals surface area contributed by atoms with Gasteiger partial charge >= 0.3 is 0 Å². The first-order chi connectivity index (χ1) is 8.92. The fourth-order valence-electron chi connectivity index (χ4n) is 2.43. The predicted molar refractivity (Wildman–Crippen MR) is 83.1 cm³/mol. The third-order valence-corrected chi connectivity index (χ3v) is 3.99. The van der Waals surface area contributed by atoms with Crippen LogP contribution in [0.3, 0.4) is 0 Å². The quantitative estimate of drug-likeness (QED) is 0.659. The molecule has 0 fully saturated rings. The van der Waals surface area contributed by atoms with Crippen LogP contribution in [0.5, 0.6) is 0 Å². The first kappa shape index (κ1) is 18.4. The van der Waals surface area contributed by atoms with Crippen molar-refractivity contribution in [3.8, 4) is 6.07 Å². The number of hydrogen-bond acceptors (Lipinski definition) is 3. The maximum Gasteiger partial charge on any atom is 0.105 e. The van der Waals surface area contributed by atoms with Gasteiger partial charge in [-0.05, 0) is 45.7 Å². The van der Waals surface area contributed by atoms with Gasteiger partial charge in [-0.1, -0.05) is 34.1 Å². The van der Waals surface area contributed by atoms with Crippen LogP contribution in [0.2, 0.25) is 0 Å². The van der Waals surface area contributed by atoms with E-state index >= 15 is 0 Å². The summed E-state index contributed by atoms with van der Waals surface area (Å²) < 4.78 is 0. The van der Waals surface area contributed by atoms with Crippen molar-refractivity contribution in [3.63, 3.8) is 0 Å². The Kier molecular flexibility index (Phi) is 9.05. The van der Waals surface area contributed by atoms with Crippen molar-refractivity contribution in [2.75, 3.05) is 19.6 Å². The minimum Gasteiger partial charge on any atom is -0.301 e. The lowest BCUT2D eigenvalue weighted by atomic mass is 9.93. The van der Waals surface area contributed by atoms with Crippen molar-refractivity contribution >= 4 is 0 Å². The molecule has 0 aromatic carbocycles. The highest BCUT2D eigenvalue weighted by Gasteiger charge is 2.28. The first-order valence-electron chi connectivity index (χ1n) is 7.82. The largest absolute Gasteiger partial charge is 0.301 e. The van der Waals surface area contributed by atoms with Gasteiger partial charge < -0.3 is 4.90 Å². The van der Waals surface area contributed by atoms with E-state index in [4.69, 9.17) is 0 Å². The highest BCUT2D eigenvalue weighted by atomic mass is 15.2. The zero-order chi connectivity index (χ0) is 14.9. The summed E-state index contributed by atoms with van der Waals surface area (Å²) in [7, 11) is 0. The number of nitrogens with zero attached hydrogens (tertiary/aromatic N) is 2. The van der Waals surface area contributed by atoms with Gasteiger partial charge in [-0.25, -0.2) is 0 Å². The van der Waals surface area contributed by atoms with Crippen LogP contribution in [0.1, 0.15) is 60.8 Å². The standard InChI is InChI=1S/C16H33N3/c1-7-10-18-16(6,13-17)11-15(5)19(9-3)12-14(4)8-2/h14-15,18H,7-12H2,1-6H3. The van der Waals surface area contributed by atoms with Gasteiger partial charge in [-0.3, -0.25) is 5.32 Å². The highest BCUT2D eigenvalue weighted by Crippen LogP contribution is 2.17. The zero-order valence-electron chi connectivity index (χ0n) is 13.8. The molecule has 0 spiro atoms. The molecule has 0 rings (SSSR count). The van der Waals surface area contributed by atoms with E-state index in [1.807, 2.05) is 6.92 Å². The molecule has 0 bridgehead atoms. The molecule has 0 saturated carbocycles.